The number of pyridine rings is 3. The van der Waals surface area contributed by atoms with Crippen LogP contribution in [0.5, 0.6) is 0 Å². The van der Waals surface area contributed by atoms with E-state index in [1.807, 2.05) is 73.1 Å². The van der Waals surface area contributed by atoms with Crippen molar-refractivity contribution in [2.24, 2.45) is 5.41 Å². The van der Waals surface area contributed by atoms with Crippen molar-refractivity contribution in [2.75, 3.05) is 27.8 Å². The van der Waals surface area contributed by atoms with E-state index in [1.165, 1.54) is 11.1 Å². The quantitative estimate of drug-likeness (QED) is 0.0910. The average Bonchev–Trinajstić information content (AvgIpc) is 3.12. The highest BCUT2D eigenvalue weighted by Crippen LogP contribution is 2.35. The van der Waals surface area contributed by atoms with Crippen LogP contribution in [0.1, 0.15) is 30.9 Å². The monoisotopic (exact) mass is 619 g/mol. The van der Waals surface area contributed by atoms with Gasteiger partial charge in [0.2, 0.25) is 0 Å². The lowest BCUT2D eigenvalue weighted by Crippen LogP contribution is -2.28. The number of rotatable bonds is 15. The number of para-hydroxylation sites is 4. The Morgan fingerprint density at radius 1 is 0.447 bits per heavy atom. The van der Waals surface area contributed by atoms with Gasteiger partial charge in [0.25, 0.3) is 0 Å². The van der Waals surface area contributed by atoms with Crippen molar-refractivity contribution < 1.29 is 0 Å². The molecule has 0 fully saturated rings. The molecule has 7 nitrogen and oxygen atoms in total. The minimum atomic E-state index is -0.0334. The summed E-state index contributed by atoms with van der Waals surface area (Å²) in [6.07, 6.45) is 9.27. The summed E-state index contributed by atoms with van der Waals surface area (Å²) in [4.78, 5) is 13.4. The van der Waals surface area contributed by atoms with E-state index < -0.39 is 0 Å². The summed E-state index contributed by atoms with van der Waals surface area (Å²) >= 11 is 0. The first-order valence-electron chi connectivity index (χ1n) is 16.2. The van der Waals surface area contributed by atoms with Gasteiger partial charge in [-0.05, 0) is 103 Å². The van der Waals surface area contributed by atoms with Crippen LogP contribution in [0.3, 0.4) is 0 Å². The molecular weight excluding hydrogens is 578 g/mol. The molecule has 47 heavy (non-hydrogen) atoms. The Morgan fingerprint density at radius 3 is 1.28 bits per heavy atom. The second kappa shape index (κ2) is 15.5. The van der Waals surface area contributed by atoms with Crippen molar-refractivity contribution in [3.05, 3.63) is 157 Å². The molecule has 6 rings (SSSR count). The number of anilines is 7. The van der Waals surface area contributed by atoms with E-state index >= 15 is 0 Å². The highest BCUT2D eigenvalue weighted by molar-refractivity contribution is 5.73. The van der Waals surface area contributed by atoms with Crippen molar-refractivity contribution in [2.45, 2.75) is 32.6 Å². The summed E-state index contributed by atoms with van der Waals surface area (Å²) in [5, 5.41) is 14.4. The number of aryl methyl sites for hydroxylation is 2. The number of hydrogen-bond acceptors (Lipinski definition) is 7. The van der Waals surface area contributed by atoms with E-state index in [0.717, 1.165) is 72.4 Å². The van der Waals surface area contributed by atoms with Gasteiger partial charge in [-0.25, -0.2) is 15.0 Å². The summed E-state index contributed by atoms with van der Waals surface area (Å²) < 4.78 is 0. The summed E-state index contributed by atoms with van der Waals surface area (Å²) in [7, 11) is 0. The molecule has 0 amide bonds. The molecule has 0 aliphatic carbocycles. The van der Waals surface area contributed by atoms with Gasteiger partial charge in [-0.3, -0.25) is 0 Å². The van der Waals surface area contributed by atoms with Gasteiger partial charge in [-0.2, -0.15) is 0 Å². The molecule has 236 valence electrons. The molecule has 7 heteroatoms. The van der Waals surface area contributed by atoms with Gasteiger partial charge in [0.05, 0.1) is 11.4 Å². The number of nitrogens with zero attached hydrogens (tertiary/aromatic N) is 3. The maximum Gasteiger partial charge on any atom is 0.130 e. The summed E-state index contributed by atoms with van der Waals surface area (Å²) in [6.45, 7) is 3.21. The van der Waals surface area contributed by atoms with Crippen LogP contribution >= 0.6 is 0 Å². The molecule has 0 bridgehead atoms. The Hall–Kier alpha value is -5.69. The van der Waals surface area contributed by atoms with Crippen LogP contribution in [0, 0.1) is 5.41 Å². The molecular formula is C40H41N7. The molecule has 0 unspecified atom stereocenters. The smallest absolute Gasteiger partial charge is 0.130 e. The van der Waals surface area contributed by atoms with Crippen molar-refractivity contribution in [3.8, 4) is 0 Å². The third-order valence-corrected chi connectivity index (χ3v) is 8.45. The lowest BCUT2D eigenvalue weighted by atomic mass is 9.78. The first-order valence-corrected chi connectivity index (χ1v) is 16.2. The van der Waals surface area contributed by atoms with Crippen LogP contribution in [0.15, 0.2) is 146 Å². The second-order valence-corrected chi connectivity index (χ2v) is 12.0. The maximum atomic E-state index is 4.48. The molecule has 0 atom stereocenters. The van der Waals surface area contributed by atoms with Crippen LogP contribution in [0.4, 0.5) is 40.2 Å². The lowest BCUT2D eigenvalue weighted by Gasteiger charge is -2.32. The van der Waals surface area contributed by atoms with Crippen LogP contribution in [-0.4, -0.2) is 21.5 Å². The number of nitrogens with one attached hydrogen (secondary N) is 4. The Labute approximate surface area is 277 Å². The van der Waals surface area contributed by atoms with E-state index in [0.29, 0.717) is 0 Å². The van der Waals surface area contributed by atoms with E-state index in [4.69, 9.17) is 0 Å². The fraction of sp³-hybridized carbons (Fsp3) is 0.175. The molecule has 0 saturated carbocycles. The predicted molar refractivity (Wildman–Crippen MR) is 195 cm³/mol. The molecule has 3 heterocycles. The minimum absolute atomic E-state index is 0.0334. The van der Waals surface area contributed by atoms with Crippen molar-refractivity contribution in [3.63, 3.8) is 0 Å². The zero-order valence-electron chi connectivity index (χ0n) is 26.7. The Morgan fingerprint density at radius 2 is 0.830 bits per heavy atom. The molecule has 0 aliphatic rings. The van der Waals surface area contributed by atoms with Gasteiger partial charge in [-0.1, -0.05) is 73.7 Å². The number of benzene rings is 3. The Kier molecular flexibility index (Phi) is 10.3. The maximum absolute atomic E-state index is 4.48. The lowest BCUT2D eigenvalue weighted by molar-refractivity contribution is 0.293. The van der Waals surface area contributed by atoms with Crippen molar-refractivity contribution in [1.82, 2.24) is 15.0 Å². The van der Waals surface area contributed by atoms with Crippen LogP contribution in [0.25, 0.3) is 0 Å². The van der Waals surface area contributed by atoms with Crippen LogP contribution in [-0.2, 0) is 12.8 Å². The summed E-state index contributed by atoms with van der Waals surface area (Å²) in [5.74, 6) is 2.51. The van der Waals surface area contributed by atoms with E-state index in [1.54, 1.807) is 6.20 Å². The number of aromatic nitrogens is 3. The zero-order chi connectivity index (χ0) is 32.2. The first kappa shape index (κ1) is 31.3. The molecule has 6 aromatic rings. The van der Waals surface area contributed by atoms with Crippen molar-refractivity contribution >= 4 is 40.2 Å². The summed E-state index contributed by atoms with van der Waals surface area (Å²) in [5.41, 5.74) is 6.77. The zero-order valence-corrected chi connectivity index (χ0v) is 26.7. The van der Waals surface area contributed by atoms with Gasteiger partial charge in [0, 0.05) is 36.5 Å². The molecule has 4 N–H and O–H groups in total. The molecule has 0 radical (unpaired) electrons. The highest BCUT2D eigenvalue weighted by atomic mass is 15.0. The van der Waals surface area contributed by atoms with Gasteiger partial charge in [0.1, 0.15) is 17.5 Å². The standard InChI is InChI=1S/C40H41N7/c1-40(25-23-31-14-2-4-16-33(31)45-37-20-8-11-27-41-37,26-24-32-15-3-5-17-34(32)46-38-21-9-12-28-42-38)30-44-35-18-6-7-19-36(35)47-39-22-10-13-29-43-39/h2-22,27-29,44H,23-26,30H2,1H3,(H,41,45)(H,42,46)(H,43,47). The van der Waals surface area contributed by atoms with Gasteiger partial charge >= 0.3 is 0 Å². The predicted octanol–water partition coefficient (Wildman–Crippen LogP) is 9.79. The van der Waals surface area contributed by atoms with Gasteiger partial charge in [0.15, 0.2) is 0 Å². The molecule has 0 aliphatic heterocycles. The minimum Gasteiger partial charge on any atom is -0.383 e. The fourth-order valence-corrected chi connectivity index (χ4v) is 5.67. The molecule has 0 saturated heterocycles. The van der Waals surface area contributed by atoms with Crippen molar-refractivity contribution in [1.29, 1.82) is 0 Å². The topological polar surface area (TPSA) is 86.8 Å². The van der Waals surface area contributed by atoms with Gasteiger partial charge in [-0.15, -0.1) is 0 Å². The first-order chi connectivity index (χ1) is 23.1. The van der Waals surface area contributed by atoms with E-state index in [9.17, 15) is 0 Å². The van der Waals surface area contributed by atoms with Gasteiger partial charge < -0.3 is 21.3 Å². The Bertz CT molecular complexity index is 1610. The SMILES string of the molecule is CC(CCc1ccccc1Nc1ccccn1)(CCc1ccccc1Nc1ccccn1)CNc1ccccc1Nc1ccccn1. The average molecular weight is 620 g/mol. The molecule has 0 spiro atoms. The highest BCUT2D eigenvalue weighted by Gasteiger charge is 2.25. The largest absolute Gasteiger partial charge is 0.383 e. The number of hydrogen-bond donors (Lipinski definition) is 4. The van der Waals surface area contributed by atoms with E-state index in [2.05, 4.69) is 110 Å². The third kappa shape index (κ3) is 8.95. The third-order valence-electron chi connectivity index (χ3n) is 8.45. The second-order valence-electron chi connectivity index (χ2n) is 12.0. The molecule has 3 aromatic heterocycles. The van der Waals surface area contributed by atoms with E-state index in [-0.39, 0.29) is 5.41 Å². The van der Waals surface area contributed by atoms with Crippen LogP contribution < -0.4 is 21.3 Å². The Balaban J connectivity index is 1.22. The summed E-state index contributed by atoms with van der Waals surface area (Å²) in [6, 6.07) is 43.2. The van der Waals surface area contributed by atoms with Crippen LogP contribution in [0.2, 0.25) is 0 Å². The normalized spacial score (nSPS) is 11.1. The molecule has 3 aromatic carbocycles. The fourth-order valence-electron chi connectivity index (χ4n) is 5.67.